The van der Waals surface area contributed by atoms with Crippen LogP contribution in [0.3, 0.4) is 0 Å². The van der Waals surface area contributed by atoms with Gasteiger partial charge in [0.25, 0.3) is 0 Å². The van der Waals surface area contributed by atoms with Gasteiger partial charge < -0.3 is 24.6 Å². The van der Waals surface area contributed by atoms with Gasteiger partial charge in [-0.3, -0.25) is 18.6 Å². The van der Waals surface area contributed by atoms with Crippen LogP contribution in [0.5, 0.6) is 0 Å². The molecule has 0 aliphatic rings. The number of hydrogen-bond acceptors (Lipinski definition) is 9. The van der Waals surface area contributed by atoms with Crippen LogP contribution >= 0.6 is 7.82 Å². The summed E-state index contributed by atoms with van der Waals surface area (Å²) in [4.78, 5) is 34.7. The third kappa shape index (κ3) is 32.5. The van der Waals surface area contributed by atoms with E-state index in [0.717, 1.165) is 57.8 Å². The summed E-state index contributed by atoms with van der Waals surface area (Å²) in [6.07, 6.45) is 32.4. The average Bonchev–Trinajstić information content (AvgIpc) is 3.07. The molecule has 3 N–H and O–H groups in total. The van der Waals surface area contributed by atoms with E-state index in [0.29, 0.717) is 12.8 Å². The first-order chi connectivity index (χ1) is 23.2. The zero-order chi connectivity index (χ0) is 35.6. The third-order valence-electron chi connectivity index (χ3n) is 7.25. The molecule has 0 bridgehead atoms. The fourth-order valence-corrected chi connectivity index (χ4v) is 5.24. The van der Waals surface area contributed by atoms with E-state index in [1.165, 1.54) is 38.5 Å². The molecule has 0 aromatic heterocycles. The van der Waals surface area contributed by atoms with Gasteiger partial charge in [0.2, 0.25) is 0 Å². The highest BCUT2D eigenvalue weighted by molar-refractivity contribution is 7.47. The van der Waals surface area contributed by atoms with Crippen LogP contribution in [0.15, 0.2) is 48.6 Å². The van der Waals surface area contributed by atoms with E-state index < -0.39 is 51.8 Å². The standard InChI is InChI=1S/C37H65O10P/c1-3-5-7-9-11-13-15-16-17-18-19-21-23-25-27-29-37(41)47-35(33-46-48(42,43)45-31-34(39)30-38)32-44-36(40)28-26-24-22-20-14-12-10-8-6-4-2/h5,7,11,13,16-17,19,21,34-35,38-39H,3-4,6,8-10,12,14-15,18,20,22-33H2,1-2H3,(H,42,43)/b7-5-,13-11-,17-16-,21-19-/t34-,35+/m0/s1. The number of allylic oxidation sites excluding steroid dienone is 8. The van der Waals surface area contributed by atoms with Gasteiger partial charge >= 0.3 is 19.8 Å². The Morgan fingerprint density at radius 1 is 0.646 bits per heavy atom. The van der Waals surface area contributed by atoms with Crippen LogP contribution in [0.4, 0.5) is 0 Å². The average molecular weight is 701 g/mol. The number of ether oxygens (including phenoxy) is 2. The molecule has 0 rings (SSSR count). The van der Waals surface area contributed by atoms with E-state index in [-0.39, 0.29) is 19.4 Å². The highest BCUT2D eigenvalue weighted by Crippen LogP contribution is 2.43. The molecule has 0 saturated carbocycles. The molecule has 10 nitrogen and oxygen atoms in total. The van der Waals surface area contributed by atoms with E-state index in [4.69, 9.17) is 19.1 Å². The van der Waals surface area contributed by atoms with Crippen LogP contribution < -0.4 is 0 Å². The van der Waals surface area contributed by atoms with Crippen molar-refractivity contribution in [2.24, 2.45) is 0 Å². The molecule has 0 aliphatic carbocycles. The third-order valence-corrected chi connectivity index (χ3v) is 8.20. The Morgan fingerprint density at radius 3 is 1.73 bits per heavy atom. The van der Waals surface area contributed by atoms with Crippen LogP contribution in [-0.4, -0.2) is 65.7 Å². The maximum atomic E-state index is 12.5. The minimum absolute atomic E-state index is 0.131. The molecule has 0 spiro atoms. The summed E-state index contributed by atoms with van der Waals surface area (Å²) in [7, 11) is -4.62. The van der Waals surface area contributed by atoms with Crippen molar-refractivity contribution in [2.45, 2.75) is 148 Å². The molecule has 0 radical (unpaired) electrons. The minimum atomic E-state index is -4.62. The molecule has 3 atom stereocenters. The first-order valence-corrected chi connectivity index (χ1v) is 19.6. The summed E-state index contributed by atoms with van der Waals surface area (Å²) in [5.41, 5.74) is 0. The molecule has 0 saturated heterocycles. The van der Waals surface area contributed by atoms with Gasteiger partial charge in [0.05, 0.1) is 19.8 Å². The molecular weight excluding hydrogens is 635 g/mol. The topological polar surface area (TPSA) is 149 Å². The Balaban J connectivity index is 4.49. The van der Waals surface area contributed by atoms with Crippen molar-refractivity contribution in [3.05, 3.63) is 48.6 Å². The zero-order valence-corrected chi connectivity index (χ0v) is 30.6. The second-order valence-corrected chi connectivity index (χ2v) is 13.3. The van der Waals surface area contributed by atoms with Crippen LogP contribution in [0.2, 0.25) is 0 Å². The number of unbranched alkanes of at least 4 members (excludes halogenated alkanes) is 11. The van der Waals surface area contributed by atoms with Gasteiger partial charge in [-0.15, -0.1) is 0 Å². The SMILES string of the molecule is CC/C=C\C/C=C\C/C=C\C/C=C\CCCCC(=O)O[C@H](COC(=O)CCCCCCCCCCCC)COP(=O)(O)OC[C@@H](O)CO. The Hall–Kier alpha value is -2.07. The van der Waals surface area contributed by atoms with Gasteiger partial charge in [-0.25, -0.2) is 4.57 Å². The Morgan fingerprint density at radius 2 is 1.15 bits per heavy atom. The summed E-state index contributed by atoms with van der Waals surface area (Å²) in [6.45, 7) is 2.17. The number of hydrogen-bond donors (Lipinski definition) is 3. The minimum Gasteiger partial charge on any atom is -0.462 e. The molecule has 0 aliphatic heterocycles. The fourth-order valence-electron chi connectivity index (χ4n) is 4.45. The van der Waals surface area contributed by atoms with Crippen LogP contribution in [0.25, 0.3) is 0 Å². The lowest BCUT2D eigenvalue weighted by atomic mass is 10.1. The molecular formula is C37H65O10P. The lowest BCUT2D eigenvalue weighted by Crippen LogP contribution is -2.29. The number of carbonyl (C=O) groups is 2. The monoisotopic (exact) mass is 700 g/mol. The van der Waals surface area contributed by atoms with E-state index >= 15 is 0 Å². The Kier molecular flexibility index (Phi) is 32.0. The second kappa shape index (κ2) is 33.4. The number of phosphoric acid groups is 1. The van der Waals surface area contributed by atoms with Crippen LogP contribution in [-0.2, 0) is 32.7 Å². The molecule has 1 unspecified atom stereocenters. The number of carbonyl (C=O) groups excluding carboxylic acids is 2. The Bertz CT molecular complexity index is 946. The molecule has 0 aromatic carbocycles. The highest BCUT2D eigenvalue weighted by atomic mass is 31.2. The summed E-state index contributed by atoms with van der Waals surface area (Å²) in [6, 6.07) is 0. The zero-order valence-electron chi connectivity index (χ0n) is 29.7. The molecule has 48 heavy (non-hydrogen) atoms. The summed E-state index contributed by atoms with van der Waals surface area (Å²) in [5.74, 6) is -0.980. The highest BCUT2D eigenvalue weighted by Gasteiger charge is 2.27. The van der Waals surface area contributed by atoms with Crippen molar-refractivity contribution in [1.82, 2.24) is 0 Å². The molecule has 11 heteroatoms. The number of aliphatic hydroxyl groups excluding tert-OH is 2. The van der Waals surface area contributed by atoms with Crippen molar-refractivity contribution in [3.8, 4) is 0 Å². The largest absolute Gasteiger partial charge is 0.472 e. The number of esters is 2. The number of aliphatic hydroxyl groups is 2. The molecule has 0 aromatic rings. The van der Waals surface area contributed by atoms with Crippen molar-refractivity contribution in [3.63, 3.8) is 0 Å². The van der Waals surface area contributed by atoms with E-state index in [2.05, 4.69) is 67.0 Å². The molecule has 0 heterocycles. The molecule has 0 fully saturated rings. The van der Waals surface area contributed by atoms with E-state index in [9.17, 15) is 24.2 Å². The summed E-state index contributed by atoms with van der Waals surface area (Å²) in [5, 5.41) is 18.2. The smallest absolute Gasteiger partial charge is 0.462 e. The van der Waals surface area contributed by atoms with Gasteiger partial charge in [0.1, 0.15) is 12.7 Å². The van der Waals surface area contributed by atoms with Crippen molar-refractivity contribution < 1.29 is 47.8 Å². The quantitative estimate of drug-likeness (QED) is 0.0263. The van der Waals surface area contributed by atoms with Gasteiger partial charge in [-0.1, -0.05) is 120 Å². The normalized spacial score (nSPS) is 14.7. The lowest BCUT2D eigenvalue weighted by Gasteiger charge is -2.20. The van der Waals surface area contributed by atoms with Gasteiger partial charge in [0, 0.05) is 12.8 Å². The summed E-state index contributed by atoms with van der Waals surface area (Å²) < 4.78 is 32.5. The maximum Gasteiger partial charge on any atom is 0.472 e. The van der Waals surface area contributed by atoms with E-state index in [1.807, 2.05) is 0 Å². The Labute approximate surface area is 290 Å². The summed E-state index contributed by atoms with van der Waals surface area (Å²) >= 11 is 0. The van der Waals surface area contributed by atoms with Crippen LogP contribution in [0, 0.1) is 0 Å². The van der Waals surface area contributed by atoms with E-state index in [1.54, 1.807) is 0 Å². The second-order valence-electron chi connectivity index (χ2n) is 11.9. The predicted octanol–water partition coefficient (Wildman–Crippen LogP) is 8.60. The van der Waals surface area contributed by atoms with Crippen molar-refractivity contribution in [1.29, 1.82) is 0 Å². The van der Waals surface area contributed by atoms with Crippen LogP contribution in [0.1, 0.15) is 136 Å². The fraction of sp³-hybridized carbons (Fsp3) is 0.730. The predicted molar refractivity (Wildman–Crippen MR) is 191 cm³/mol. The van der Waals surface area contributed by atoms with Crippen molar-refractivity contribution in [2.75, 3.05) is 26.4 Å². The molecule has 0 amide bonds. The first-order valence-electron chi connectivity index (χ1n) is 18.1. The van der Waals surface area contributed by atoms with Crippen molar-refractivity contribution >= 4 is 19.8 Å². The number of phosphoric ester groups is 1. The molecule has 278 valence electrons. The van der Waals surface area contributed by atoms with Gasteiger partial charge in [0.15, 0.2) is 6.10 Å². The van der Waals surface area contributed by atoms with Gasteiger partial charge in [-0.2, -0.15) is 0 Å². The van der Waals surface area contributed by atoms with Gasteiger partial charge in [-0.05, 0) is 51.4 Å². The first kappa shape index (κ1) is 45.9. The maximum absolute atomic E-state index is 12.5. The number of rotatable bonds is 33. The lowest BCUT2D eigenvalue weighted by molar-refractivity contribution is -0.161.